The van der Waals surface area contributed by atoms with Gasteiger partial charge in [0.15, 0.2) is 0 Å². The number of fused-ring (bicyclic) bond motifs is 4. The molecule has 0 saturated heterocycles. The molecule has 2 nitrogen and oxygen atoms in total. The number of hydrogen-bond acceptors (Lipinski definition) is 2. The van der Waals surface area contributed by atoms with Crippen LogP contribution in [0.5, 0.6) is 0 Å². The molecular weight excluding hydrogens is 428 g/mol. The second-order valence-electron chi connectivity index (χ2n) is 13.9. The lowest BCUT2D eigenvalue weighted by molar-refractivity contribution is -0.155. The minimum atomic E-state index is -0.108. The molecule has 4 aliphatic carbocycles. The van der Waals surface area contributed by atoms with Crippen LogP contribution in [0.1, 0.15) is 133 Å². The van der Waals surface area contributed by atoms with Crippen LogP contribution < -0.4 is 0 Å². The lowest BCUT2D eigenvalue weighted by Crippen LogP contribution is -2.52. The molecule has 0 aromatic carbocycles. The molecule has 0 heterocycles. The van der Waals surface area contributed by atoms with E-state index in [4.69, 9.17) is 4.74 Å². The lowest BCUT2D eigenvalue weighted by Gasteiger charge is -2.60. The first-order valence-corrected chi connectivity index (χ1v) is 14.9. The first-order valence-electron chi connectivity index (χ1n) is 14.9. The van der Waals surface area contributed by atoms with Gasteiger partial charge in [0.2, 0.25) is 0 Å². The SMILES string of the molecule is CCC(CCC(C)C1CCC2(C)C3=C(CCC12C)C1(C)CCC(OC(C)=O)C(C)C1CC3)=C(C)C. The van der Waals surface area contributed by atoms with E-state index < -0.39 is 0 Å². The third kappa shape index (κ3) is 4.27. The quantitative estimate of drug-likeness (QED) is 0.278. The van der Waals surface area contributed by atoms with Crippen LogP contribution in [0, 0.1) is 39.9 Å². The van der Waals surface area contributed by atoms with Gasteiger partial charge in [-0.25, -0.2) is 0 Å². The minimum absolute atomic E-state index is 0.108. The van der Waals surface area contributed by atoms with Crippen LogP contribution in [0.4, 0.5) is 0 Å². The van der Waals surface area contributed by atoms with E-state index in [9.17, 15) is 4.79 Å². The number of esters is 1. The Bertz CT molecular complexity index is 891. The Morgan fingerprint density at radius 3 is 2.34 bits per heavy atom. The highest BCUT2D eigenvalue weighted by Crippen LogP contribution is 2.71. The summed E-state index contributed by atoms with van der Waals surface area (Å²) in [4.78, 5) is 11.7. The molecule has 0 amide bonds. The molecule has 0 aromatic rings. The Kier molecular flexibility index (Phi) is 7.47. The fraction of sp³-hybridized carbons (Fsp3) is 0.848. The summed E-state index contributed by atoms with van der Waals surface area (Å²) in [5.74, 6) is 2.66. The number of carbonyl (C=O) groups excluding carboxylic acids is 1. The summed E-state index contributed by atoms with van der Waals surface area (Å²) in [5, 5.41) is 0. The number of ether oxygens (including phenoxy) is 1. The molecule has 2 saturated carbocycles. The topological polar surface area (TPSA) is 26.3 Å². The summed E-state index contributed by atoms with van der Waals surface area (Å²) in [7, 11) is 0. The van der Waals surface area contributed by atoms with E-state index in [0.717, 1.165) is 18.3 Å². The highest BCUT2D eigenvalue weighted by molar-refractivity contribution is 5.66. The fourth-order valence-electron chi connectivity index (χ4n) is 10.0. The molecule has 4 rings (SSSR count). The molecule has 0 aromatic heterocycles. The van der Waals surface area contributed by atoms with E-state index in [0.29, 0.717) is 28.1 Å². The molecule has 0 bridgehead atoms. The van der Waals surface area contributed by atoms with Gasteiger partial charge in [0.25, 0.3) is 0 Å². The van der Waals surface area contributed by atoms with Gasteiger partial charge in [-0.1, -0.05) is 63.8 Å². The van der Waals surface area contributed by atoms with Gasteiger partial charge in [0.05, 0.1) is 0 Å². The zero-order valence-corrected chi connectivity index (χ0v) is 24.5. The van der Waals surface area contributed by atoms with Crippen molar-refractivity contribution in [3.8, 4) is 0 Å². The van der Waals surface area contributed by atoms with Crippen molar-refractivity contribution in [2.45, 2.75) is 139 Å². The van der Waals surface area contributed by atoms with Crippen LogP contribution in [-0.4, -0.2) is 12.1 Å². The predicted molar refractivity (Wildman–Crippen MR) is 147 cm³/mol. The second kappa shape index (κ2) is 9.68. The van der Waals surface area contributed by atoms with Crippen molar-refractivity contribution < 1.29 is 9.53 Å². The number of rotatable bonds is 6. The van der Waals surface area contributed by atoms with Gasteiger partial charge < -0.3 is 4.74 Å². The van der Waals surface area contributed by atoms with Crippen molar-refractivity contribution in [2.24, 2.45) is 39.9 Å². The van der Waals surface area contributed by atoms with Gasteiger partial charge in [0, 0.05) is 6.92 Å². The molecule has 0 N–H and O–H groups in total. The van der Waals surface area contributed by atoms with Crippen LogP contribution in [0.3, 0.4) is 0 Å². The number of hydrogen-bond donors (Lipinski definition) is 0. The maximum absolute atomic E-state index is 11.7. The van der Waals surface area contributed by atoms with E-state index in [2.05, 4.69) is 55.4 Å². The summed E-state index contributed by atoms with van der Waals surface area (Å²) < 4.78 is 5.78. The van der Waals surface area contributed by atoms with E-state index >= 15 is 0 Å². The van der Waals surface area contributed by atoms with Crippen LogP contribution in [0.2, 0.25) is 0 Å². The molecule has 0 radical (unpaired) electrons. The molecule has 35 heavy (non-hydrogen) atoms. The van der Waals surface area contributed by atoms with Crippen LogP contribution in [-0.2, 0) is 9.53 Å². The molecular formula is C33H54O2. The average Bonchev–Trinajstić information content (AvgIpc) is 3.07. The highest BCUT2D eigenvalue weighted by Gasteiger charge is 2.62. The van der Waals surface area contributed by atoms with Gasteiger partial charge in [-0.3, -0.25) is 4.79 Å². The molecule has 0 aliphatic heterocycles. The normalized spacial score (nSPS) is 41.5. The summed E-state index contributed by atoms with van der Waals surface area (Å²) in [6.07, 6.45) is 14.2. The standard InChI is InChI=1S/C33H54O2/c1-10-25(21(2)3)12-11-22(4)26-15-19-33(9)29-14-13-27-23(5)30(35-24(6)34)17-18-31(27,7)28(29)16-20-32(26,33)8/h22-23,26-27,30H,10-20H2,1-9H3. The molecule has 198 valence electrons. The maximum atomic E-state index is 11.7. The Morgan fingerprint density at radius 2 is 1.71 bits per heavy atom. The predicted octanol–water partition coefficient (Wildman–Crippen LogP) is 9.44. The van der Waals surface area contributed by atoms with E-state index in [1.165, 1.54) is 69.8 Å². The summed E-state index contributed by atoms with van der Waals surface area (Å²) >= 11 is 0. The Balaban J connectivity index is 1.58. The van der Waals surface area contributed by atoms with Crippen LogP contribution >= 0.6 is 0 Å². The van der Waals surface area contributed by atoms with Crippen molar-refractivity contribution in [3.05, 3.63) is 22.3 Å². The third-order valence-electron chi connectivity index (χ3n) is 12.4. The molecule has 2 heteroatoms. The van der Waals surface area contributed by atoms with Gasteiger partial charge >= 0.3 is 5.97 Å². The Morgan fingerprint density at radius 1 is 1.00 bits per heavy atom. The van der Waals surface area contributed by atoms with E-state index in [-0.39, 0.29) is 12.1 Å². The first-order chi connectivity index (χ1) is 16.4. The highest BCUT2D eigenvalue weighted by atomic mass is 16.5. The minimum Gasteiger partial charge on any atom is -0.462 e. The molecule has 8 unspecified atom stereocenters. The largest absolute Gasteiger partial charge is 0.462 e. The van der Waals surface area contributed by atoms with Gasteiger partial charge in [0.1, 0.15) is 6.10 Å². The average molecular weight is 483 g/mol. The van der Waals surface area contributed by atoms with E-state index in [1.54, 1.807) is 12.5 Å². The smallest absolute Gasteiger partial charge is 0.302 e. The van der Waals surface area contributed by atoms with Crippen molar-refractivity contribution in [3.63, 3.8) is 0 Å². The fourth-order valence-corrected chi connectivity index (χ4v) is 10.0. The van der Waals surface area contributed by atoms with Gasteiger partial charge in [-0.2, -0.15) is 0 Å². The maximum Gasteiger partial charge on any atom is 0.302 e. The summed E-state index contributed by atoms with van der Waals surface area (Å²) in [5.41, 5.74) is 8.04. The molecule has 2 fully saturated rings. The van der Waals surface area contributed by atoms with E-state index in [1.807, 2.05) is 11.1 Å². The molecule has 4 aliphatic rings. The Hall–Kier alpha value is -1.05. The van der Waals surface area contributed by atoms with Crippen molar-refractivity contribution >= 4 is 5.97 Å². The molecule has 0 spiro atoms. The summed E-state index contributed by atoms with van der Waals surface area (Å²) in [6, 6.07) is 0. The zero-order chi connectivity index (χ0) is 25.8. The van der Waals surface area contributed by atoms with Crippen LogP contribution in [0.15, 0.2) is 22.3 Å². The monoisotopic (exact) mass is 482 g/mol. The van der Waals surface area contributed by atoms with Crippen molar-refractivity contribution in [1.29, 1.82) is 0 Å². The number of carbonyl (C=O) groups is 1. The first kappa shape index (κ1) is 27.0. The third-order valence-corrected chi connectivity index (χ3v) is 12.4. The van der Waals surface area contributed by atoms with Crippen LogP contribution in [0.25, 0.3) is 0 Å². The van der Waals surface area contributed by atoms with Gasteiger partial charge in [-0.05, 0) is 124 Å². The Labute approximate surface area is 216 Å². The number of allylic oxidation sites excluding steroid dienone is 4. The zero-order valence-electron chi connectivity index (χ0n) is 24.5. The van der Waals surface area contributed by atoms with Crippen molar-refractivity contribution in [2.75, 3.05) is 0 Å². The lowest BCUT2D eigenvalue weighted by atomic mass is 9.45. The molecule has 8 atom stereocenters. The summed E-state index contributed by atoms with van der Waals surface area (Å²) in [6.45, 7) is 21.4. The second-order valence-corrected chi connectivity index (χ2v) is 13.9. The van der Waals surface area contributed by atoms with Crippen molar-refractivity contribution in [1.82, 2.24) is 0 Å². The van der Waals surface area contributed by atoms with Gasteiger partial charge in [-0.15, -0.1) is 0 Å².